The van der Waals surface area contributed by atoms with Gasteiger partial charge in [-0.2, -0.15) is 5.06 Å². The van der Waals surface area contributed by atoms with Crippen LogP contribution in [0.3, 0.4) is 0 Å². The molecule has 0 radical (unpaired) electrons. The maximum absolute atomic E-state index is 13.2. The molecule has 1 aromatic rings. The second-order valence-corrected chi connectivity index (χ2v) is 8.52. The third-order valence-electron chi connectivity index (χ3n) is 5.61. The van der Waals surface area contributed by atoms with E-state index in [1.165, 1.54) is 14.2 Å². The van der Waals surface area contributed by atoms with Gasteiger partial charge in [0.05, 0.1) is 13.2 Å². The highest BCUT2D eigenvalue weighted by atomic mass is 16.8. The van der Waals surface area contributed by atoms with E-state index in [1.54, 1.807) is 6.08 Å². The number of benzene rings is 1. The number of ketones is 1. The monoisotopic (exact) mass is 433 g/mol. The molecule has 1 aromatic carbocycles. The minimum Gasteiger partial charge on any atom is -0.443 e. The number of methoxy groups -OCH3 is 2. The number of carbonyl (C=O) groups is 2. The highest BCUT2D eigenvalue weighted by molar-refractivity contribution is 5.96. The largest absolute Gasteiger partial charge is 0.443 e. The van der Waals surface area contributed by atoms with Gasteiger partial charge in [-0.1, -0.05) is 44.2 Å². The molecule has 0 spiro atoms. The molecular formula is C22H27NO8. The molecule has 2 fully saturated rings. The minimum absolute atomic E-state index is 0.0539. The number of carbonyl (C=O) groups excluding carboxylic acids is 2. The number of amides is 1. The van der Waals surface area contributed by atoms with Gasteiger partial charge in [-0.3, -0.25) is 9.63 Å². The average Bonchev–Trinajstić information content (AvgIpc) is 2.78. The first-order valence-electron chi connectivity index (χ1n) is 10.1. The number of hydrogen-bond acceptors (Lipinski definition) is 8. The Morgan fingerprint density at radius 1 is 1.13 bits per heavy atom. The Hall–Kier alpha value is -2.30. The Morgan fingerprint density at radius 2 is 1.77 bits per heavy atom. The van der Waals surface area contributed by atoms with Crippen molar-refractivity contribution in [2.24, 2.45) is 5.41 Å². The lowest BCUT2D eigenvalue weighted by Gasteiger charge is -2.51. The first-order valence-corrected chi connectivity index (χ1v) is 10.1. The van der Waals surface area contributed by atoms with Gasteiger partial charge in [-0.15, -0.1) is 0 Å². The zero-order valence-corrected chi connectivity index (χ0v) is 18.0. The maximum atomic E-state index is 13.2. The molecule has 3 aliphatic heterocycles. The Morgan fingerprint density at radius 3 is 2.39 bits per heavy atom. The predicted molar refractivity (Wildman–Crippen MR) is 106 cm³/mol. The van der Waals surface area contributed by atoms with Crippen molar-refractivity contribution in [3.05, 3.63) is 47.5 Å². The number of ether oxygens (including phenoxy) is 5. The van der Waals surface area contributed by atoms with Crippen LogP contribution in [0.1, 0.15) is 19.4 Å². The lowest BCUT2D eigenvalue weighted by Crippen LogP contribution is -2.72. The van der Waals surface area contributed by atoms with Crippen molar-refractivity contribution in [3.63, 3.8) is 0 Å². The van der Waals surface area contributed by atoms with Crippen molar-refractivity contribution in [3.8, 4) is 0 Å². The van der Waals surface area contributed by atoms with Crippen molar-refractivity contribution in [2.75, 3.05) is 27.4 Å². The zero-order valence-electron chi connectivity index (χ0n) is 18.0. The Kier molecular flexibility index (Phi) is 5.89. The molecule has 4 aliphatic rings. The quantitative estimate of drug-likeness (QED) is 0.516. The van der Waals surface area contributed by atoms with Gasteiger partial charge in [0.15, 0.2) is 12.4 Å². The van der Waals surface area contributed by atoms with E-state index in [0.29, 0.717) is 18.8 Å². The van der Waals surface area contributed by atoms with Crippen molar-refractivity contribution >= 4 is 11.9 Å². The molecule has 9 nitrogen and oxygen atoms in total. The second-order valence-electron chi connectivity index (χ2n) is 8.52. The fourth-order valence-corrected chi connectivity index (χ4v) is 3.92. The molecule has 2 saturated heterocycles. The fourth-order valence-electron chi connectivity index (χ4n) is 3.92. The third kappa shape index (κ3) is 3.88. The summed E-state index contributed by atoms with van der Waals surface area (Å²) in [5.74, 6) is -2.18. The SMILES string of the molecule is COC1(OC)C(=O)[C@H]2ON(C(=O)OCc3ccccc3)[C@@H]1C=C2C1OCC(C)(C)CO1. The van der Waals surface area contributed by atoms with Crippen molar-refractivity contribution < 1.29 is 38.1 Å². The smallest absolute Gasteiger partial charge is 0.435 e. The molecule has 0 unspecified atom stereocenters. The minimum atomic E-state index is -1.72. The van der Waals surface area contributed by atoms with Gasteiger partial charge in [-0.05, 0) is 11.6 Å². The van der Waals surface area contributed by atoms with E-state index in [4.69, 9.17) is 28.5 Å². The van der Waals surface area contributed by atoms with Crippen LogP contribution in [0.25, 0.3) is 0 Å². The predicted octanol–water partition coefficient (Wildman–Crippen LogP) is 2.20. The molecule has 1 aliphatic carbocycles. The Balaban J connectivity index is 1.57. The van der Waals surface area contributed by atoms with Crippen LogP contribution in [0.15, 0.2) is 42.0 Å². The highest BCUT2D eigenvalue weighted by Crippen LogP contribution is 2.42. The number of hydroxylamine groups is 2. The summed E-state index contributed by atoms with van der Waals surface area (Å²) in [6.07, 6.45) is -0.999. The molecule has 0 saturated carbocycles. The van der Waals surface area contributed by atoms with E-state index >= 15 is 0 Å². The van der Waals surface area contributed by atoms with E-state index in [0.717, 1.165) is 10.6 Å². The van der Waals surface area contributed by atoms with Gasteiger partial charge in [0.2, 0.25) is 5.78 Å². The molecule has 2 bridgehead atoms. The van der Waals surface area contributed by atoms with Crippen LogP contribution in [0.4, 0.5) is 4.79 Å². The van der Waals surface area contributed by atoms with Crippen molar-refractivity contribution in [1.82, 2.24) is 5.06 Å². The number of hydrogen-bond donors (Lipinski definition) is 0. The van der Waals surface area contributed by atoms with Gasteiger partial charge >= 0.3 is 6.09 Å². The van der Waals surface area contributed by atoms with Crippen LogP contribution >= 0.6 is 0 Å². The first kappa shape index (κ1) is 21.9. The van der Waals surface area contributed by atoms with Crippen molar-refractivity contribution in [2.45, 2.75) is 44.7 Å². The fraction of sp³-hybridized carbons (Fsp3) is 0.545. The molecule has 2 atom stereocenters. The molecular weight excluding hydrogens is 406 g/mol. The van der Waals surface area contributed by atoms with Crippen LogP contribution in [-0.4, -0.2) is 68.6 Å². The van der Waals surface area contributed by atoms with E-state index in [1.807, 2.05) is 44.2 Å². The molecule has 5 rings (SSSR count). The molecule has 9 heteroatoms. The Labute approximate surface area is 180 Å². The van der Waals surface area contributed by atoms with Crippen LogP contribution in [0.2, 0.25) is 0 Å². The first-order chi connectivity index (χ1) is 14.8. The van der Waals surface area contributed by atoms with E-state index in [9.17, 15) is 9.59 Å². The number of fused-ring (bicyclic) bond motifs is 2. The van der Waals surface area contributed by atoms with Gasteiger partial charge in [0.25, 0.3) is 5.79 Å². The van der Waals surface area contributed by atoms with Crippen LogP contribution in [0.5, 0.6) is 0 Å². The third-order valence-corrected chi connectivity index (χ3v) is 5.61. The van der Waals surface area contributed by atoms with Gasteiger partial charge in [0.1, 0.15) is 12.6 Å². The van der Waals surface area contributed by atoms with E-state index in [-0.39, 0.29) is 12.0 Å². The van der Waals surface area contributed by atoms with Gasteiger partial charge < -0.3 is 23.7 Å². The summed E-state index contributed by atoms with van der Waals surface area (Å²) >= 11 is 0. The molecule has 0 N–H and O–H groups in total. The molecule has 3 heterocycles. The maximum Gasteiger partial charge on any atom is 0.435 e. The number of Topliss-reactive ketones (excluding diaryl/α,β-unsaturated/α-hetero) is 1. The molecule has 0 aromatic heterocycles. The topological polar surface area (TPSA) is 92.8 Å². The molecule has 1 amide bonds. The molecule has 168 valence electrons. The van der Waals surface area contributed by atoms with Gasteiger partial charge in [0, 0.05) is 25.2 Å². The molecule has 31 heavy (non-hydrogen) atoms. The summed E-state index contributed by atoms with van der Waals surface area (Å²) in [7, 11) is 2.69. The average molecular weight is 433 g/mol. The van der Waals surface area contributed by atoms with E-state index < -0.39 is 36.1 Å². The standard InChI is InChI=1S/C22H27NO8/c1-21(2)12-29-19(30-13-21)15-10-16-22(26-3,27-4)18(24)17(15)31-23(16)20(25)28-11-14-8-6-5-7-9-14/h5-10,16-17,19H,11-13H2,1-4H3/t16-,17+/m1/s1. The van der Waals surface area contributed by atoms with Crippen LogP contribution in [0, 0.1) is 5.41 Å². The summed E-state index contributed by atoms with van der Waals surface area (Å²) in [6.45, 7) is 5.03. The van der Waals surface area contributed by atoms with Crippen LogP contribution in [-0.2, 0) is 39.9 Å². The zero-order chi connectivity index (χ0) is 22.2. The lowest BCUT2D eigenvalue weighted by molar-refractivity contribution is -0.315. The Bertz CT molecular complexity index is 854. The van der Waals surface area contributed by atoms with Crippen LogP contribution < -0.4 is 0 Å². The summed E-state index contributed by atoms with van der Waals surface area (Å²) in [4.78, 5) is 31.8. The normalized spacial score (nSPS) is 27.2. The highest BCUT2D eigenvalue weighted by Gasteiger charge is 2.63. The van der Waals surface area contributed by atoms with Crippen molar-refractivity contribution in [1.29, 1.82) is 0 Å². The number of nitrogens with zero attached hydrogens (tertiary/aromatic N) is 1. The summed E-state index contributed by atoms with van der Waals surface area (Å²) in [6, 6.07) is 8.24. The van der Waals surface area contributed by atoms with E-state index in [2.05, 4.69) is 0 Å². The summed E-state index contributed by atoms with van der Waals surface area (Å²) in [5.41, 5.74) is 1.18. The van der Waals surface area contributed by atoms with Gasteiger partial charge in [-0.25, -0.2) is 4.79 Å². The summed E-state index contributed by atoms with van der Waals surface area (Å²) < 4.78 is 28.0. The number of rotatable bonds is 5. The summed E-state index contributed by atoms with van der Waals surface area (Å²) in [5, 5.41) is 0.984. The second kappa shape index (κ2) is 8.33. The lowest BCUT2D eigenvalue weighted by atomic mass is 9.83.